The van der Waals surface area contributed by atoms with Crippen molar-refractivity contribution in [1.29, 1.82) is 0 Å². The van der Waals surface area contributed by atoms with E-state index in [9.17, 15) is 10.1 Å². The molecule has 1 atom stereocenters. The second-order valence-electron chi connectivity index (χ2n) is 3.59. The highest BCUT2D eigenvalue weighted by atomic mass is 32.1. The fourth-order valence-electron chi connectivity index (χ4n) is 1.52. The van der Waals surface area contributed by atoms with Crippen molar-refractivity contribution in [3.63, 3.8) is 0 Å². The number of nitro groups is 1. The summed E-state index contributed by atoms with van der Waals surface area (Å²) in [7, 11) is 1.81. The second kappa shape index (κ2) is 5.23. The molecule has 0 bridgehead atoms. The maximum atomic E-state index is 10.6. The van der Waals surface area contributed by atoms with Crippen LogP contribution in [0, 0.1) is 10.1 Å². The van der Waals surface area contributed by atoms with Gasteiger partial charge in [-0.2, -0.15) is 0 Å². The molecule has 2 aromatic rings. The first kappa shape index (κ1) is 12.7. The first-order chi connectivity index (χ1) is 8.65. The first-order valence-corrected chi connectivity index (χ1v) is 6.22. The van der Waals surface area contributed by atoms with E-state index in [-0.39, 0.29) is 11.0 Å². The van der Waals surface area contributed by atoms with E-state index >= 15 is 0 Å². The van der Waals surface area contributed by atoms with Crippen LogP contribution in [0.15, 0.2) is 16.5 Å². The van der Waals surface area contributed by atoms with E-state index in [1.165, 1.54) is 6.07 Å². The molecule has 0 aromatic carbocycles. The third kappa shape index (κ3) is 2.39. The van der Waals surface area contributed by atoms with Crippen LogP contribution < -0.4 is 5.32 Å². The van der Waals surface area contributed by atoms with Crippen molar-refractivity contribution in [2.75, 3.05) is 7.05 Å². The molecule has 2 aromatic heterocycles. The summed E-state index contributed by atoms with van der Waals surface area (Å²) in [5.41, 5.74) is 0. The lowest BCUT2D eigenvalue weighted by molar-refractivity contribution is -0.380. The summed E-state index contributed by atoms with van der Waals surface area (Å²) in [6.45, 7) is 2.00. The van der Waals surface area contributed by atoms with Gasteiger partial charge in [0.05, 0.1) is 15.8 Å². The lowest BCUT2D eigenvalue weighted by Gasteiger charge is -2.06. The second-order valence-corrected chi connectivity index (χ2v) is 4.65. The van der Waals surface area contributed by atoms with E-state index in [4.69, 9.17) is 4.42 Å². The smallest absolute Gasteiger partial charge is 0.324 e. The Labute approximate surface area is 107 Å². The average Bonchev–Trinajstić information content (AvgIpc) is 2.98. The van der Waals surface area contributed by atoms with E-state index in [1.807, 2.05) is 14.0 Å². The molecule has 18 heavy (non-hydrogen) atoms. The number of rotatable bonds is 5. The van der Waals surface area contributed by atoms with Crippen molar-refractivity contribution < 1.29 is 9.34 Å². The third-order valence-electron chi connectivity index (χ3n) is 2.48. The van der Waals surface area contributed by atoms with Crippen LogP contribution in [0.1, 0.15) is 25.3 Å². The fraction of sp³-hybridized carbons (Fsp3) is 0.400. The van der Waals surface area contributed by atoms with Gasteiger partial charge in [-0.05, 0) is 19.5 Å². The summed E-state index contributed by atoms with van der Waals surface area (Å²) in [6.07, 6.45) is 0.822. The van der Waals surface area contributed by atoms with Crippen molar-refractivity contribution in [1.82, 2.24) is 15.5 Å². The number of hydrogen-bond donors (Lipinski definition) is 1. The minimum absolute atomic E-state index is 0.00111. The molecule has 1 unspecified atom stereocenters. The standard InChI is InChI=1S/C10H12N4O3S/c1-3-6(11-2)9-12-13-10(17-9)7-4-5-8(18-7)14(15)16/h4-6,11H,3H2,1-2H3. The molecule has 0 spiro atoms. The molecule has 1 N–H and O–H groups in total. The van der Waals surface area contributed by atoms with Crippen LogP contribution in [0.3, 0.4) is 0 Å². The quantitative estimate of drug-likeness (QED) is 0.660. The van der Waals surface area contributed by atoms with Crippen molar-refractivity contribution in [2.45, 2.75) is 19.4 Å². The molecule has 7 nitrogen and oxygen atoms in total. The summed E-state index contributed by atoms with van der Waals surface area (Å²) in [5.74, 6) is 0.808. The van der Waals surface area contributed by atoms with E-state index in [0.717, 1.165) is 17.8 Å². The van der Waals surface area contributed by atoms with Gasteiger partial charge in [0.15, 0.2) is 0 Å². The summed E-state index contributed by atoms with van der Waals surface area (Å²) in [5, 5.41) is 21.6. The Hall–Kier alpha value is -1.80. The first-order valence-electron chi connectivity index (χ1n) is 5.41. The molecule has 0 amide bonds. The minimum atomic E-state index is -0.437. The fourth-order valence-corrected chi connectivity index (χ4v) is 2.26. The Morgan fingerprint density at radius 2 is 2.33 bits per heavy atom. The maximum Gasteiger partial charge on any atom is 0.324 e. The molecule has 0 aliphatic rings. The van der Waals surface area contributed by atoms with Gasteiger partial charge in [0.2, 0.25) is 5.89 Å². The van der Waals surface area contributed by atoms with Crippen LogP contribution in [0.25, 0.3) is 10.8 Å². The zero-order valence-corrected chi connectivity index (χ0v) is 10.7. The van der Waals surface area contributed by atoms with Crippen molar-refractivity contribution in [3.8, 4) is 10.8 Å². The predicted molar refractivity (Wildman–Crippen MR) is 66.4 cm³/mol. The van der Waals surface area contributed by atoms with Crippen LogP contribution >= 0.6 is 11.3 Å². The lowest BCUT2D eigenvalue weighted by atomic mass is 10.2. The topological polar surface area (TPSA) is 94.1 Å². The zero-order chi connectivity index (χ0) is 13.1. The number of hydrogen-bond acceptors (Lipinski definition) is 7. The van der Waals surface area contributed by atoms with Crippen LogP contribution in [0.5, 0.6) is 0 Å². The lowest BCUT2D eigenvalue weighted by Crippen LogP contribution is -2.15. The van der Waals surface area contributed by atoms with Gasteiger partial charge in [0, 0.05) is 6.07 Å². The largest absolute Gasteiger partial charge is 0.418 e. The molecule has 0 aliphatic carbocycles. The Balaban J connectivity index is 2.26. The Morgan fingerprint density at radius 3 is 2.89 bits per heavy atom. The Morgan fingerprint density at radius 1 is 1.56 bits per heavy atom. The molecule has 0 fully saturated rings. The van der Waals surface area contributed by atoms with Crippen LogP contribution in [-0.4, -0.2) is 22.2 Å². The van der Waals surface area contributed by atoms with Gasteiger partial charge in [-0.25, -0.2) is 0 Å². The molecule has 0 saturated heterocycles. The monoisotopic (exact) mass is 268 g/mol. The summed E-state index contributed by atoms with van der Waals surface area (Å²) < 4.78 is 5.51. The van der Waals surface area contributed by atoms with Crippen LogP contribution in [0.4, 0.5) is 5.00 Å². The summed E-state index contributed by atoms with van der Waals surface area (Å²) in [6, 6.07) is 3.04. The Kier molecular flexibility index (Phi) is 3.68. The van der Waals surface area contributed by atoms with Gasteiger partial charge in [0.25, 0.3) is 5.89 Å². The average molecular weight is 268 g/mol. The molecule has 8 heteroatoms. The molecule has 2 heterocycles. The summed E-state index contributed by atoms with van der Waals surface area (Å²) in [4.78, 5) is 10.8. The van der Waals surface area contributed by atoms with Gasteiger partial charge in [0.1, 0.15) is 0 Å². The van der Waals surface area contributed by atoms with Crippen molar-refractivity contribution in [3.05, 3.63) is 28.1 Å². The van der Waals surface area contributed by atoms with Gasteiger partial charge in [-0.3, -0.25) is 10.1 Å². The molecule has 2 rings (SSSR count). The van der Waals surface area contributed by atoms with Gasteiger partial charge in [-0.15, -0.1) is 10.2 Å². The molecule has 96 valence electrons. The Bertz CT molecular complexity index is 547. The molecule has 0 aliphatic heterocycles. The summed E-state index contributed by atoms with van der Waals surface area (Å²) >= 11 is 1.02. The van der Waals surface area contributed by atoms with Crippen molar-refractivity contribution >= 4 is 16.3 Å². The zero-order valence-electron chi connectivity index (χ0n) is 9.91. The van der Waals surface area contributed by atoms with Gasteiger partial charge >= 0.3 is 5.00 Å². The number of nitrogens with one attached hydrogen (secondary N) is 1. The predicted octanol–water partition coefficient (Wildman–Crippen LogP) is 2.38. The minimum Gasteiger partial charge on any atom is -0.418 e. The highest BCUT2D eigenvalue weighted by molar-refractivity contribution is 7.18. The highest BCUT2D eigenvalue weighted by Crippen LogP contribution is 2.32. The number of thiophene rings is 1. The van der Waals surface area contributed by atoms with Gasteiger partial charge in [-0.1, -0.05) is 18.3 Å². The van der Waals surface area contributed by atoms with Crippen LogP contribution in [0.2, 0.25) is 0 Å². The number of nitrogens with zero attached hydrogens (tertiary/aromatic N) is 3. The highest BCUT2D eigenvalue weighted by Gasteiger charge is 2.19. The third-order valence-corrected chi connectivity index (χ3v) is 3.50. The normalized spacial score (nSPS) is 12.6. The van der Waals surface area contributed by atoms with Gasteiger partial charge < -0.3 is 9.73 Å². The van der Waals surface area contributed by atoms with E-state index < -0.39 is 4.92 Å². The van der Waals surface area contributed by atoms with E-state index in [1.54, 1.807) is 6.07 Å². The number of aromatic nitrogens is 2. The van der Waals surface area contributed by atoms with E-state index in [2.05, 4.69) is 15.5 Å². The molecule has 0 radical (unpaired) electrons. The van der Waals surface area contributed by atoms with E-state index in [0.29, 0.717) is 16.7 Å². The maximum absolute atomic E-state index is 10.6. The molecule has 0 saturated carbocycles. The SMILES string of the molecule is CCC(NC)c1nnc(-c2ccc([N+](=O)[O-])s2)o1. The van der Waals surface area contributed by atoms with Crippen molar-refractivity contribution in [2.24, 2.45) is 0 Å². The molecular formula is C10H12N4O3S. The van der Waals surface area contributed by atoms with Crippen LogP contribution in [-0.2, 0) is 0 Å². The molecular weight excluding hydrogens is 256 g/mol.